The van der Waals surface area contributed by atoms with E-state index in [-0.39, 0.29) is 18.3 Å². The summed E-state index contributed by atoms with van der Waals surface area (Å²) in [7, 11) is 1.93. The van der Waals surface area contributed by atoms with Gasteiger partial charge in [-0.25, -0.2) is 0 Å². The number of ether oxygens (including phenoxy) is 1. The number of carbonyl (C=O) groups excluding carboxylic acids is 1. The molecule has 0 spiro atoms. The average molecular weight is 313 g/mol. The van der Waals surface area contributed by atoms with E-state index in [0.717, 1.165) is 38.1 Å². The molecule has 1 aliphatic heterocycles. The summed E-state index contributed by atoms with van der Waals surface area (Å²) in [6, 6.07) is 10.1. The Bertz CT molecular complexity index is 408. The van der Waals surface area contributed by atoms with E-state index in [4.69, 9.17) is 4.74 Å². The number of nitrogens with one attached hydrogen (secondary N) is 1. The molecule has 1 aliphatic rings. The van der Waals surface area contributed by atoms with Crippen LogP contribution >= 0.6 is 12.4 Å². The van der Waals surface area contributed by atoms with Crippen molar-refractivity contribution in [2.24, 2.45) is 0 Å². The van der Waals surface area contributed by atoms with Gasteiger partial charge >= 0.3 is 0 Å². The zero-order valence-corrected chi connectivity index (χ0v) is 13.4. The maximum absolute atomic E-state index is 12.1. The lowest BCUT2D eigenvalue weighted by Crippen LogP contribution is -2.43. The number of amides is 1. The molecule has 0 radical (unpaired) electrons. The number of para-hydroxylation sites is 1. The number of piperidine rings is 1. The van der Waals surface area contributed by atoms with E-state index in [1.165, 1.54) is 0 Å². The third-order valence-electron chi connectivity index (χ3n) is 3.80. The summed E-state index contributed by atoms with van der Waals surface area (Å²) in [5.41, 5.74) is 0. The van der Waals surface area contributed by atoms with Crippen molar-refractivity contribution in [3.8, 4) is 5.75 Å². The minimum atomic E-state index is 0. The molecule has 1 amide bonds. The molecule has 1 aromatic rings. The fraction of sp³-hybridized carbons (Fsp3) is 0.562. The molecule has 21 heavy (non-hydrogen) atoms. The molecule has 4 nitrogen and oxygen atoms in total. The highest BCUT2D eigenvalue weighted by Crippen LogP contribution is 2.12. The standard InChI is InChI=1S/C16H24N2O2.ClH/c1-18(14-9-11-17-12-10-14)16(19)8-5-13-20-15-6-3-2-4-7-15;/h2-4,6-7,14,17H,5,8-13H2,1H3;1H. The Kier molecular flexibility index (Phi) is 8.16. The first-order valence-electron chi connectivity index (χ1n) is 7.41. The Morgan fingerprint density at radius 1 is 1.29 bits per heavy atom. The predicted octanol–water partition coefficient (Wildman–Crippen LogP) is 2.48. The molecular formula is C16H25ClN2O2. The summed E-state index contributed by atoms with van der Waals surface area (Å²) in [5.74, 6) is 1.10. The first kappa shape index (κ1) is 17.8. The predicted molar refractivity (Wildman–Crippen MR) is 87.1 cm³/mol. The van der Waals surface area contributed by atoms with Gasteiger partial charge in [0, 0.05) is 19.5 Å². The van der Waals surface area contributed by atoms with Gasteiger partial charge in [0.25, 0.3) is 0 Å². The van der Waals surface area contributed by atoms with Crippen LogP contribution in [0.5, 0.6) is 5.75 Å². The Morgan fingerprint density at radius 2 is 1.95 bits per heavy atom. The van der Waals surface area contributed by atoms with Crippen LogP contribution in [0, 0.1) is 0 Å². The van der Waals surface area contributed by atoms with E-state index in [0.29, 0.717) is 19.1 Å². The van der Waals surface area contributed by atoms with Gasteiger partial charge in [-0.3, -0.25) is 4.79 Å². The Labute approximate surface area is 133 Å². The van der Waals surface area contributed by atoms with Crippen molar-refractivity contribution < 1.29 is 9.53 Å². The SMILES string of the molecule is CN(C(=O)CCCOc1ccccc1)C1CCNCC1.Cl. The zero-order valence-electron chi connectivity index (χ0n) is 12.6. The lowest BCUT2D eigenvalue weighted by Gasteiger charge is -2.31. The third kappa shape index (κ3) is 5.94. The zero-order chi connectivity index (χ0) is 14.2. The smallest absolute Gasteiger partial charge is 0.222 e. The van der Waals surface area contributed by atoms with Gasteiger partial charge in [-0.1, -0.05) is 18.2 Å². The van der Waals surface area contributed by atoms with Gasteiger partial charge in [-0.05, 0) is 44.5 Å². The first-order chi connectivity index (χ1) is 9.77. The van der Waals surface area contributed by atoms with Crippen LogP contribution in [0.15, 0.2) is 30.3 Å². The molecule has 1 saturated heterocycles. The molecule has 1 aromatic carbocycles. The number of hydrogen-bond acceptors (Lipinski definition) is 3. The van der Waals surface area contributed by atoms with Gasteiger partial charge in [0.2, 0.25) is 5.91 Å². The summed E-state index contributed by atoms with van der Waals surface area (Å²) in [5, 5.41) is 3.32. The summed E-state index contributed by atoms with van der Waals surface area (Å²) < 4.78 is 5.60. The summed E-state index contributed by atoms with van der Waals surface area (Å²) in [4.78, 5) is 14.0. The molecule has 2 rings (SSSR count). The number of rotatable bonds is 6. The van der Waals surface area contributed by atoms with Crippen molar-refractivity contribution >= 4 is 18.3 Å². The molecule has 5 heteroatoms. The van der Waals surface area contributed by atoms with Crippen LogP contribution in [-0.2, 0) is 4.79 Å². The maximum Gasteiger partial charge on any atom is 0.222 e. The van der Waals surface area contributed by atoms with Gasteiger partial charge in [0.1, 0.15) is 5.75 Å². The minimum absolute atomic E-state index is 0. The highest BCUT2D eigenvalue weighted by atomic mass is 35.5. The van der Waals surface area contributed by atoms with Crippen molar-refractivity contribution in [2.75, 3.05) is 26.7 Å². The molecule has 118 valence electrons. The fourth-order valence-corrected chi connectivity index (χ4v) is 2.50. The van der Waals surface area contributed by atoms with Crippen LogP contribution in [0.25, 0.3) is 0 Å². The Morgan fingerprint density at radius 3 is 2.62 bits per heavy atom. The number of nitrogens with zero attached hydrogens (tertiary/aromatic N) is 1. The van der Waals surface area contributed by atoms with Crippen molar-refractivity contribution in [1.82, 2.24) is 10.2 Å². The van der Waals surface area contributed by atoms with Crippen molar-refractivity contribution in [2.45, 2.75) is 31.7 Å². The Balaban J connectivity index is 0.00000220. The molecule has 0 unspecified atom stereocenters. The molecular weight excluding hydrogens is 288 g/mol. The third-order valence-corrected chi connectivity index (χ3v) is 3.80. The van der Waals surface area contributed by atoms with Crippen LogP contribution in [0.3, 0.4) is 0 Å². The second-order valence-corrected chi connectivity index (χ2v) is 5.25. The van der Waals surface area contributed by atoms with Crippen LogP contribution in [0.4, 0.5) is 0 Å². The van der Waals surface area contributed by atoms with Crippen LogP contribution in [-0.4, -0.2) is 43.6 Å². The quantitative estimate of drug-likeness (QED) is 0.821. The molecule has 0 bridgehead atoms. The summed E-state index contributed by atoms with van der Waals surface area (Å²) in [6.45, 7) is 2.62. The molecule has 0 aromatic heterocycles. The second-order valence-electron chi connectivity index (χ2n) is 5.25. The van der Waals surface area contributed by atoms with Gasteiger partial charge in [0.05, 0.1) is 6.61 Å². The highest BCUT2D eigenvalue weighted by Gasteiger charge is 2.21. The molecule has 0 aliphatic carbocycles. The van der Waals surface area contributed by atoms with E-state index in [2.05, 4.69) is 5.32 Å². The van der Waals surface area contributed by atoms with E-state index in [1.54, 1.807) is 0 Å². The highest BCUT2D eigenvalue weighted by molar-refractivity contribution is 5.85. The van der Waals surface area contributed by atoms with Crippen LogP contribution in [0.2, 0.25) is 0 Å². The molecule has 0 atom stereocenters. The molecule has 1 fully saturated rings. The van der Waals surface area contributed by atoms with Gasteiger partial charge in [0.15, 0.2) is 0 Å². The number of benzene rings is 1. The van der Waals surface area contributed by atoms with Crippen LogP contribution < -0.4 is 10.1 Å². The van der Waals surface area contributed by atoms with Crippen molar-refractivity contribution in [1.29, 1.82) is 0 Å². The van der Waals surface area contributed by atoms with Gasteiger partial charge < -0.3 is 15.0 Å². The lowest BCUT2D eigenvalue weighted by molar-refractivity contribution is -0.132. The van der Waals surface area contributed by atoms with E-state index >= 15 is 0 Å². The average Bonchev–Trinajstić information content (AvgIpc) is 2.52. The van der Waals surface area contributed by atoms with E-state index < -0.39 is 0 Å². The van der Waals surface area contributed by atoms with E-state index in [9.17, 15) is 4.79 Å². The van der Waals surface area contributed by atoms with E-state index in [1.807, 2.05) is 42.3 Å². The van der Waals surface area contributed by atoms with Crippen molar-refractivity contribution in [3.05, 3.63) is 30.3 Å². The normalized spacial score (nSPS) is 15.1. The minimum Gasteiger partial charge on any atom is -0.494 e. The largest absolute Gasteiger partial charge is 0.494 e. The molecule has 0 saturated carbocycles. The molecule has 1 N–H and O–H groups in total. The monoisotopic (exact) mass is 312 g/mol. The van der Waals surface area contributed by atoms with Crippen molar-refractivity contribution in [3.63, 3.8) is 0 Å². The lowest BCUT2D eigenvalue weighted by atomic mass is 10.0. The van der Waals surface area contributed by atoms with Gasteiger partial charge in [-0.2, -0.15) is 0 Å². The maximum atomic E-state index is 12.1. The topological polar surface area (TPSA) is 41.6 Å². The first-order valence-corrected chi connectivity index (χ1v) is 7.41. The number of hydrogen-bond donors (Lipinski definition) is 1. The molecule has 1 heterocycles. The summed E-state index contributed by atoms with van der Waals surface area (Å²) in [6.07, 6.45) is 3.45. The fourth-order valence-electron chi connectivity index (χ4n) is 2.50. The summed E-state index contributed by atoms with van der Waals surface area (Å²) >= 11 is 0. The van der Waals surface area contributed by atoms with Gasteiger partial charge in [-0.15, -0.1) is 12.4 Å². The van der Waals surface area contributed by atoms with Crippen LogP contribution in [0.1, 0.15) is 25.7 Å². The second kappa shape index (κ2) is 9.64. The number of carbonyl (C=O) groups is 1. The number of halogens is 1. The Hall–Kier alpha value is -1.26.